The average Bonchev–Trinajstić information content (AvgIpc) is 2.86. The predicted molar refractivity (Wildman–Crippen MR) is 143 cm³/mol. The molecule has 0 bridgehead atoms. The van der Waals surface area contributed by atoms with Gasteiger partial charge in [-0.25, -0.2) is 9.69 Å². The van der Waals surface area contributed by atoms with E-state index in [0.717, 1.165) is 10.5 Å². The van der Waals surface area contributed by atoms with Gasteiger partial charge in [0.1, 0.15) is 17.9 Å². The van der Waals surface area contributed by atoms with Crippen LogP contribution in [0, 0.1) is 5.92 Å². The topological polar surface area (TPSA) is 84.9 Å². The van der Waals surface area contributed by atoms with Gasteiger partial charge in [0.15, 0.2) is 5.75 Å². The summed E-state index contributed by atoms with van der Waals surface area (Å²) in [5.74, 6) is -0.440. The molecular formula is C28H24Cl2N2O5. The van der Waals surface area contributed by atoms with E-state index in [-0.39, 0.29) is 27.2 Å². The first-order valence-electron chi connectivity index (χ1n) is 11.5. The standard InChI is InChI=1S/C28H24Cl2N2O5/c1-17(2)15-37-25-23(29)13-19(14-24(25)30)12-22-26(33)31-28(35)32(27(22)34)20-8-10-21(11-9-20)36-16-18-6-4-3-5-7-18/h3-14,17H,15-16H2,1-2H3,(H,31,33,35)/b22-12+. The highest BCUT2D eigenvalue weighted by Crippen LogP contribution is 2.35. The molecule has 0 spiro atoms. The molecule has 1 saturated heterocycles. The van der Waals surface area contributed by atoms with Gasteiger partial charge >= 0.3 is 6.03 Å². The van der Waals surface area contributed by atoms with Crippen LogP contribution in [0.3, 0.4) is 0 Å². The highest BCUT2D eigenvalue weighted by molar-refractivity contribution is 6.40. The lowest BCUT2D eigenvalue weighted by Crippen LogP contribution is -2.54. The lowest BCUT2D eigenvalue weighted by atomic mass is 10.1. The average molecular weight is 539 g/mol. The van der Waals surface area contributed by atoms with Gasteiger partial charge in [0, 0.05) is 0 Å². The summed E-state index contributed by atoms with van der Waals surface area (Å²) in [6.07, 6.45) is 1.33. The Balaban J connectivity index is 1.54. The Hall–Kier alpha value is -3.81. The lowest BCUT2D eigenvalue weighted by Gasteiger charge is -2.26. The van der Waals surface area contributed by atoms with Gasteiger partial charge in [-0.1, -0.05) is 67.4 Å². The monoisotopic (exact) mass is 538 g/mol. The number of carbonyl (C=O) groups is 3. The number of nitrogens with zero attached hydrogens (tertiary/aromatic N) is 1. The maximum atomic E-state index is 13.2. The molecule has 1 N–H and O–H groups in total. The number of benzene rings is 3. The van der Waals surface area contributed by atoms with Crippen molar-refractivity contribution in [2.45, 2.75) is 20.5 Å². The number of barbiturate groups is 1. The van der Waals surface area contributed by atoms with Crippen LogP contribution in [0.25, 0.3) is 6.08 Å². The highest BCUT2D eigenvalue weighted by Gasteiger charge is 2.36. The largest absolute Gasteiger partial charge is 0.490 e. The van der Waals surface area contributed by atoms with Crippen LogP contribution < -0.4 is 19.7 Å². The second-order valence-electron chi connectivity index (χ2n) is 8.74. The van der Waals surface area contributed by atoms with Gasteiger partial charge in [-0.2, -0.15) is 0 Å². The Morgan fingerprint density at radius 2 is 1.57 bits per heavy atom. The second-order valence-corrected chi connectivity index (χ2v) is 9.56. The van der Waals surface area contributed by atoms with Crippen molar-refractivity contribution in [1.29, 1.82) is 0 Å². The maximum absolute atomic E-state index is 13.2. The molecule has 1 aliphatic heterocycles. The molecule has 190 valence electrons. The van der Waals surface area contributed by atoms with Crippen LogP contribution >= 0.6 is 23.2 Å². The van der Waals surface area contributed by atoms with E-state index in [1.54, 1.807) is 24.3 Å². The van der Waals surface area contributed by atoms with Crippen molar-refractivity contribution in [3.8, 4) is 11.5 Å². The summed E-state index contributed by atoms with van der Waals surface area (Å²) in [6.45, 7) is 4.78. The third-order valence-corrected chi connectivity index (χ3v) is 5.90. The summed E-state index contributed by atoms with van der Waals surface area (Å²) in [7, 11) is 0. The summed E-state index contributed by atoms with van der Waals surface area (Å²) >= 11 is 12.7. The summed E-state index contributed by atoms with van der Waals surface area (Å²) in [6, 6.07) is 18.3. The number of ether oxygens (including phenoxy) is 2. The van der Waals surface area contributed by atoms with Gasteiger partial charge in [0.05, 0.1) is 22.3 Å². The van der Waals surface area contributed by atoms with Crippen molar-refractivity contribution < 1.29 is 23.9 Å². The number of amides is 4. The number of carbonyl (C=O) groups excluding carboxylic acids is 3. The van der Waals surface area contributed by atoms with E-state index < -0.39 is 17.8 Å². The van der Waals surface area contributed by atoms with E-state index in [9.17, 15) is 14.4 Å². The first-order chi connectivity index (χ1) is 17.7. The van der Waals surface area contributed by atoms with Crippen molar-refractivity contribution in [3.63, 3.8) is 0 Å². The summed E-state index contributed by atoms with van der Waals surface area (Å²) in [5.41, 5.74) is 1.45. The smallest absolute Gasteiger partial charge is 0.335 e. The van der Waals surface area contributed by atoms with Crippen LogP contribution in [0.15, 0.2) is 72.3 Å². The molecule has 4 amide bonds. The fourth-order valence-corrected chi connectivity index (χ4v) is 4.15. The van der Waals surface area contributed by atoms with Crippen molar-refractivity contribution in [1.82, 2.24) is 5.32 Å². The van der Waals surface area contributed by atoms with Crippen LogP contribution in [0.4, 0.5) is 10.5 Å². The quantitative estimate of drug-likeness (QED) is 0.269. The Kier molecular flexibility index (Phi) is 8.16. The number of rotatable bonds is 8. The predicted octanol–water partition coefficient (Wildman–Crippen LogP) is 6.27. The van der Waals surface area contributed by atoms with Crippen LogP contribution in [0.1, 0.15) is 25.0 Å². The third-order valence-electron chi connectivity index (χ3n) is 5.34. The Morgan fingerprint density at radius 3 is 2.19 bits per heavy atom. The zero-order valence-corrected chi connectivity index (χ0v) is 21.7. The minimum atomic E-state index is -0.849. The molecule has 0 unspecified atom stereocenters. The molecule has 0 radical (unpaired) electrons. The van der Waals surface area contributed by atoms with Crippen molar-refractivity contribution in [2.75, 3.05) is 11.5 Å². The molecule has 4 rings (SSSR count). The number of hydrogen-bond acceptors (Lipinski definition) is 5. The summed E-state index contributed by atoms with van der Waals surface area (Å²) < 4.78 is 11.4. The van der Waals surface area contributed by atoms with Gasteiger partial charge in [-0.3, -0.25) is 14.9 Å². The number of nitrogens with one attached hydrogen (secondary N) is 1. The molecular weight excluding hydrogens is 515 g/mol. The molecule has 1 fully saturated rings. The zero-order chi connectivity index (χ0) is 26.5. The Bertz CT molecular complexity index is 1330. The van der Waals surface area contributed by atoms with E-state index in [1.165, 1.54) is 18.2 Å². The number of hydrogen-bond donors (Lipinski definition) is 1. The van der Waals surface area contributed by atoms with Crippen molar-refractivity contribution >= 4 is 52.8 Å². The molecule has 37 heavy (non-hydrogen) atoms. The normalized spacial score (nSPS) is 14.8. The van der Waals surface area contributed by atoms with Gasteiger partial charge in [-0.15, -0.1) is 0 Å². The molecule has 1 aliphatic rings. The number of halogens is 2. The highest BCUT2D eigenvalue weighted by atomic mass is 35.5. The molecule has 0 saturated carbocycles. The first-order valence-corrected chi connectivity index (χ1v) is 12.3. The number of imide groups is 2. The van der Waals surface area contributed by atoms with Crippen LogP contribution in [-0.4, -0.2) is 24.5 Å². The Morgan fingerprint density at radius 1 is 0.919 bits per heavy atom. The molecule has 0 atom stereocenters. The molecule has 9 heteroatoms. The van der Waals surface area contributed by atoms with Crippen molar-refractivity contribution in [2.24, 2.45) is 5.92 Å². The Labute approximate surface area is 224 Å². The van der Waals surface area contributed by atoms with E-state index in [1.807, 2.05) is 44.2 Å². The van der Waals surface area contributed by atoms with Gasteiger partial charge in [-0.05, 0) is 59.5 Å². The van der Waals surface area contributed by atoms with Gasteiger partial charge in [0.2, 0.25) is 0 Å². The maximum Gasteiger partial charge on any atom is 0.335 e. The molecule has 0 aliphatic carbocycles. The van der Waals surface area contributed by atoms with Crippen LogP contribution in [0.2, 0.25) is 10.0 Å². The lowest BCUT2D eigenvalue weighted by molar-refractivity contribution is -0.122. The molecule has 7 nitrogen and oxygen atoms in total. The fourth-order valence-electron chi connectivity index (χ4n) is 3.54. The SMILES string of the molecule is CC(C)COc1c(Cl)cc(/C=C2\C(=O)NC(=O)N(c3ccc(OCc4ccccc4)cc3)C2=O)cc1Cl. The summed E-state index contributed by atoms with van der Waals surface area (Å²) in [4.78, 5) is 39.2. The van der Waals surface area contributed by atoms with E-state index in [0.29, 0.717) is 30.3 Å². The van der Waals surface area contributed by atoms with Crippen LogP contribution in [-0.2, 0) is 16.2 Å². The third kappa shape index (κ3) is 6.31. The number of urea groups is 1. The van der Waals surface area contributed by atoms with Gasteiger partial charge < -0.3 is 9.47 Å². The zero-order valence-electron chi connectivity index (χ0n) is 20.2. The molecule has 0 aromatic heterocycles. The molecule has 1 heterocycles. The fraction of sp³-hybridized carbons (Fsp3) is 0.179. The summed E-state index contributed by atoms with van der Waals surface area (Å²) in [5, 5.41) is 2.68. The van der Waals surface area contributed by atoms with E-state index in [2.05, 4.69) is 5.32 Å². The van der Waals surface area contributed by atoms with E-state index >= 15 is 0 Å². The van der Waals surface area contributed by atoms with Gasteiger partial charge in [0.25, 0.3) is 11.8 Å². The molecule has 3 aromatic rings. The molecule has 3 aromatic carbocycles. The second kappa shape index (κ2) is 11.5. The van der Waals surface area contributed by atoms with Crippen LogP contribution in [0.5, 0.6) is 11.5 Å². The minimum absolute atomic E-state index is 0.239. The van der Waals surface area contributed by atoms with E-state index in [4.69, 9.17) is 32.7 Å². The number of anilines is 1. The van der Waals surface area contributed by atoms with Crippen molar-refractivity contribution in [3.05, 3.63) is 93.5 Å². The minimum Gasteiger partial charge on any atom is -0.490 e. The first kappa shape index (κ1) is 26.3.